The highest BCUT2D eigenvalue weighted by Crippen LogP contribution is 2.35. The highest BCUT2D eigenvalue weighted by atomic mass is 35.5. The Labute approximate surface area is 197 Å². The molecule has 0 unspecified atom stereocenters. The van der Waals surface area contributed by atoms with Crippen molar-refractivity contribution in [2.24, 2.45) is 0 Å². The van der Waals surface area contributed by atoms with Crippen molar-refractivity contribution in [3.8, 4) is 11.8 Å². The molecule has 0 spiro atoms. The molecule has 0 atom stereocenters. The minimum Gasteiger partial charge on any atom is -0.420 e. The highest BCUT2D eigenvalue weighted by Gasteiger charge is 2.17. The zero-order valence-electron chi connectivity index (χ0n) is 16.6. The Bertz CT molecular complexity index is 1290. The van der Waals surface area contributed by atoms with E-state index in [0.717, 1.165) is 6.07 Å². The minimum absolute atomic E-state index is 0.00517. The van der Waals surface area contributed by atoms with Crippen molar-refractivity contribution in [2.45, 2.75) is 0 Å². The number of halogens is 2. The van der Waals surface area contributed by atoms with Crippen molar-refractivity contribution in [3.63, 3.8) is 0 Å². The molecule has 10 heteroatoms. The van der Waals surface area contributed by atoms with Crippen LogP contribution in [0.4, 0.5) is 11.4 Å². The van der Waals surface area contributed by atoms with E-state index in [1.54, 1.807) is 36.4 Å². The van der Waals surface area contributed by atoms with E-state index in [1.165, 1.54) is 36.4 Å². The van der Waals surface area contributed by atoms with Crippen LogP contribution in [0.2, 0.25) is 10.0 Å². The first-order valence-corrected chi connectivity index (χ1v) is 9.98. The molecular formula is C23H13Cl2N3O5. The van der Waals surface area contributed by atoms with Gasteiger partial charge in [0.25, 0.3) is 11.6 Å². The summed E-state index contributed by atoms with van der Waals surface area (Å²) in [6.07, 6.45) is 1.23. The van der Waals surface area contributed by atoms with Crippen molar-refractivity contribution in [1.29, 1.82) is 5.26 Å². The zero-order valence-corrected chi connectivity index (χ0v) is 18.1. The molecule has 3 aromatic rings. The van der Waals surface area contributed by atoms with Gasteiger partial charge in [-0.2, -0.15) is 5.26 Å². The number of hydrogen-bond donors (Lipinski definition) is 1. The highest BCUT2D eigenvalue weighted by molar-refractivity contribution is 6.37. The normalized spacial score (nSPS) is 10.8. The second-order valence-corrected chi connectivity index (χ2v) is 7.31. The summed E-state index contributed by atoms with van der Waals surface area (Å²) < 4.78 is 5.28. The number of nitriles is 1. The molecule has 0 saturated heterocycles. The quantitative estimate of drug-likeness (QED) is 0.121. The first-order chi connectivity index (χ1) is 15.8. The number of esters is 1. The van der Waals surface area contributed by atoms with Gasteiger partial charge < -0.3 is 10.1 Å². The number of non-ortho nitro benzene ring substituents is 1. The standard InChI is InChI=1S/C23H13Cl2N3O5/c24-19-10-14(11-20(25)21(19)33-23(30)15-5-2-1-3-6-15)9-16(13-26)22(29)27-17-7-4-8-18(12-17)28(31)32/h1-12H,(H,27,29)/b16-9+. The summed E-state index contributed by atoms with van der Waals surface area (Å²) in [5.74, 6) is -1.51. The van der Waals surface area contributed by atoms with Gasteiger partial charge in [-0.1, -0.05) is 47.5 Å². The van der Waals surface area contributed by atoms with Crippen LogP contribution in [-0.4, -0.2) is 16.8 Å². The lowest BCUT2D eigenvalue weighted by Crippen LogP contribution is -2.13. The number of carbonyl (C=O) groups is 2. The summed E-state index contributed by atoms with van der Waals surface area (Å²) in [5, 5.41) is 22.7. The Hall–Kier alpha value is -4.19. The van der Waals surface area contributed by atoms with Gasteiger partial charge in [-0.05, 0) is 42.0 Å². The smallest absolute Gasteiger partial charge is 0.343 e. The van der Waals surface area contributed by atoms with Crippen LogP contribution in [0.25, 0.3) is 6.08 Å². The molecule has 1 amide bonds. The number of ether oxygens (including phenoxy) is 1. The van der Waals surface area contributed by atoms with Gasteiger partial charge in [0, 0.05) is 17.8 Å². The molecular weight excluding hydrogens is 469 g/mol. The van der Waals surface area contributed by atoms with Crippen molar-refractivity contribution in [2.75, 3.05) is 5.32 Å². The molecule has 33 heavy (non-hydrogen) atoms. The number of nitro groups is 1. The summed E-state index contributed by atoms with van der Waals surface area (Å²) in [7, 11) is 0. The molecule has 0 aliphatic carbocycles. The number of anilines is 1. The molecule has 3 rings (SSSR count). The first-order valence-electron chi connectivity index (χ1n) is 9.22. The first kappa shape index (κ1) is 23.5. The summed E-state index contributed by atoms with van der Waals surface area (Å²) in [6.45, 7) is 0. The lowest BCUT2D eigenvalue weighted by molar-refractivity contribution is -0.384. The fourth-order valence-corrected chi connectivity index (χ4v) is 3.28. The Balaban J connectivity index is 1.81. The third kappa shape index (κ3) is 5.95. The molecule has 0 aromatic heterocycles. The number of nitrogens with zero attached hydrogens (tertiary/aromatic N) is 2. The molecule has 0 heterocycles. The average molecular weight is 482 g/mol. The van der Waals surface area contributed by atoms with E-state index in [-0.39, 0.29) is 32.7 Å². The van der Waals surface area contributed by atoms with Crippen LogP contribution in [0.15, 0.2) is 72.3 Å². The van der Waals surface area contributed by atoms with Gasteiger partial charge in [0.05, 0.1) is 20.5 Å². The number of rotatable bonds is 6. The van der Waals surface area contributed by atoms with Crippen LogP contribution in [0.5, 0.6) is 5.75 Å². The lowest BCUT2D eigenvalue weighted by Gasteiger charge is -2.10. The molecule has 1 N–H and O–H groups in total. The van der Waals surface area contributed by atoms with E-state index in [4.69, 9.17) is 27.9 Å². The molecule has 0 fully saturated rings. The van der Waals surface area contributed by atoms with Gasteiger partial charge in [-0.3, -0.25) is 14.9 Å². The monoisotopic (exact) mass is 481 g/mol. The van der Waals surface area contributed by atoms with Gasteiger partial charge in [-0.15, -0.1) is 0 Å². The van der Waals surface area contributed by atoms with E-state index in [2.05, 4.69) is 5.32 Å². The van der Waals surface area contributed by atoms with Crippen molar-refractivity contribution in [1.82, 2.24) is 0 Å². The van der Waals surface area contributed by atoms with Crippen LogP contribution in [0.1, 0.15) is 15.9 Å². The fourth-order valence-electron chi connectivity index (χ4n) is 2.70. The summed E-state index contributed by atoms with van der Waals surface area (Å²) in [4.78, 5) is 35.0. The van der Waals surface area contributed by atoms with Gasteiger partial charge in [0.15, 0.2) is 5.75 Å². The van der Waals surface area contributed by atoms with Crippen LogP contribution in [-0.2, 0) is 4.79 Å². The lowest BCUT2D eigenvalue weighted by atomic mass is 10.1. The van der Waals surface area contributed by atoms with E-state index >= 15 is 0 Å². The van der Waals surface area contributed by atoms with Crippen molar-refractivity contribution in [3.05, 3.63) is 104 Å². The third-order valence-electron chi connectivity index (χ3n) is 4.22. The van der Waals surface area contributed by atoms with Crippen LogP contribution >= 0.6 is 23.2 Å². The summed E-state index contributed by atoms with van der Waals surface area (Å²) in [6, 6.07) is 18.0. The van der Waals surface area contributed by atoms with Crippen molar-refractivity contribution >= 4 is 52.5 Å². The van der Waals surface area contributed by atoms with E-state index in [1.807, 2.05) is 0 Å². The maximum absolute atomic E-state index is 12.5. The fraction of sp³-hybridized carbons (Fsp3) is 0. The Morgan fingerprint density at radius 3 is 2.30 bits per heavy atom. The second-order valence-electron chi connectivity index (χ2n) is 6.50. The number of amides is 1. The SMILES string of the molecule is N#C/C(=C\c1cc(Cl)c(OC(=O)c2ccccc2)c(Cl)c1)C(=O)Nc1cccc([N+](=O)[O-])c1. The molecule has 3 aromatic carbocycles. The van der Waals surface area contributed by atoms with Crippen LogP contribution in [0.3, 0.4) is 0 Å². The molecule has 0 aliphatic rings. The van der Waals surface area contributed by atoms with E-state index in [0.29, 0.717) is 11.1 Å². The predicted molar refractivity (Wildman–Crippen MR) is 123 cm³/mol. The zero-order chi connectivity index (χ0) is 24.0. The molecule has 0 bridgehead atoms. The largest absolute Gasteiger partial charge is 0.420 e. The topological polar surface area (TPSA) is 122 Å². The molecule has 0 radical (unpaired) electrons. The van der Waals surface area contributed by atoms with Gasteiger partial charge in [0.1, 0.15) is 11.6 Å². The van der Waals surface area contributed by atoms with Crippen LogP contribution in [0, 0.1) is 21.4 Å². The number of nitrogens with one attached hydrogen (secondary N) is 1. The third-order valence-corrected chi connectivity index (χ3v) is 4.78. The van der Waals surface area contributed by atoms with Gasteiger partial charge >= 0.3 is 5.97 Å². The average Bonchev–Trinajstić information content (AvgIpc) is 2.80. The van der Waals surface area contributed by atoms with Gasteiger partial charge in [0.2, 0.25) is 0 Å². The Morgan fingerprint density at radius 1 is 1.03 bits per heavy atom. The number of carbonyl (C=O) groups excluding carboxylic acids is 2. The number of hydrogen-bond acceptors (Lipinski definition) is 6. The maximum Gasteiger partial charge on any atom is 0.343 e. The summed E-state index contributed by atoms with van der Waals surface area (Å²) >= 11 is 12.4. The van der Waals surface area contributed by atoms with E-state index < -0.39 is 16.8 Å². The Morgan fingerprint density at radius 2 is 1.70 bits per heavy atom. The van der Waals surface area contributed by atoms with Crippen LogP contribution < -0.4 is 10.1 Å². The molecule has 8 nitrogen and oxygen atoms in total. The number of benzene rings is 3. The summed E-state index contributed by atoms with van der Waals surface area (Å²) in [5.41, 5.74) is 0.236. The Kier molecular flexibility index (Phi) is 7.41. The predicted octanol–water partition coefficient (Wildman–Crippen LogP) is 5.67. The molecule has 0 saturated carbocycles. The molecule has 164 valence electrons. The van der Waals surface area contributed by atoms with Crippen molar-refractivity contribution < 1.29 is 19.2 Å². The number of nitro benzene ring substituents is 1. The molecule has 0 aliphatic heterocycles. The van der Waals surface area contributed by atoms with E-state index in [9.17, 15) is 25.0 Å². The minimum atomic E-state index is -0.787. The second kappa shape index (κ2) is 10.4. The maximum atomic E-state index is 12.5. The van der Waals surface area contributed by atoms with Gasteiger partial charge in [-0.25, -0.2) is 4.79 Å².